The maximum atomic E-state index is 11.8. The summed E-state index contributed by atoms with van der Waals surface area (Å²) in [6, 6.07) is 9.39. The molecule has 0 spiro atoms. The van der Waals surface area contributed by atoms with Gasteiger partial charge in [-0.15, -0.1) is 0 Å². The van der Waals surface area contributed by atoms with Crippen LogP contribution in [0.5, 0.6) is 11.5 Å². The molecular weight excluding hydrogens is 294 g/mol. The van der Waals surface area contributed by atoms with Crippen LogP contribution in [-0.2, 0) is 17.9 Å². The number of hydrogen-bond acceptors (Lipinski definition) is 5. The summed E-state index contributed by atoms with van der Waals surface area (Å²) in [4.78, 5) is 15.9. The lowest BCUT2D eigenvalue weighted by Gasteiger charge is -2.10. The van der Waals surface area contributed by atoms with E-state index in [0.29, 0.717) is 24.6 Å². The summed E-state index contributed by atoms with van der Waals surface area (Å²) in [5, 5.41) is 5.94. The number of benzene rings is 1. The molecule has 0 bridgehead atoms. The smallest absolute Gasteiger partial charge is 0.234 e. The predicted octanol–water partition coefficient (Wildman–Crippen LogP) is 1.50. The van der Waals surface area contributed by atoms with Gasteiger partial charge in [0.1, 0.15) is 0 Å². The average molecular weight is 315 g/mol. The Morgan fingerprint density at radius 2 is 1.91 bits per heavy atom. The van der Waals surface area contributed by atoms with Crippen molar-refractivity contribution in [1.29, 1.82) is 0 Å². The molecule has 0 unspecified atom stereocenters. The fraction of sp³-hybridized carbons (Fsp3) is 0.294. The number of carbonyl (C=O) groups excluding carboxylic acids is 1. The quantitative estimate of drug-likeness (QED) is 0.772. The zero-order valence-corrected chi connectivity index (χ0v) is 13.3. The summed E-state index contributed by atoms with van der Waals surface area (Å²) in [6.07, 6.45) is 3.49. The fourth-order valence-electron chi connectivity index (χ4n) is 2.08. The zero-order valence-electron chi connectivity index (χ0n) is 13.3. The summed E-state index contributed by atoms with van der Waals surface area (Å²) in [5.74, 6) is 1.25. The van der Waals surface area contributed by atoms with Crippen molar-refractivity contribution in [3.05, 3.63) is 53.9 Å². The van der Waals surface area contributed by atoms with Crippen LogP contribution < -0.4 is 20.1 Å². The van der Waals surface area contributed by atoms with Gasteiger partial charge in [-0.1, -0.05) is 12.1 Å². The summed E-state index contributed by atoms with van der Waals surface area (Å²) < 4.78 is 10.4. The minimum Gasteiger partial charge on any atom is -0.493 e. The third-order valence-electron chi connectivity index (χ3n) is 3.28. The van der Waals surface area contributed by atoms with Crippen molar-refractivity contribution in [2.24, 2.45) is 0 Å². The number of aromatic nitrogens is 1. The lowest BCUT2D eigenvalue weighted by molar-refractivity contribution is -0.120. The van der Waals surface area contributed by atoms with Crippen LogP contribution in [0.3, 0.4) is 0 Å². The normalized spacial score (nSPS) is 10.2. The summed E-state index contributed by atoms with van der Waals surface area (Å²) in [7, 11) is 3.18. The molecule has 6 nitrogen and oxygen atoms in total. The molecule has 1 amide bonds. The topological polar surface area (TPSA) is 72.5 Å². The number of carbonyl (C=O) groups is 1. The molecule has 0 atom stereocenters. The number of methoxy groups -OCH3 is 2. The Morgan fingerprint density at radius 3 is 2.61 bits per heavy atom. The number of hydrogen-bond donors (Lipinski definition) is 2. The number of amides is 1. The van der Waals surface area contributed by atoms with Crippen molar-refractivity contribution in [2.75, 3.05) is 20.8 Å². The molecule has 0 aliphatic rings. The summed E-state index contributed by atoms with van der Waals surface area (Å²) in [6.45, 7) is 1.30. The van der Waals surface area contributed by atoms with Gasteiger partial charge in [-0.3, -0.25) is 9.78 Å². The molecule has 0 saturated carbocycles. The molecule has 2 rings (SSSR count). The third kappa shape index (κ3) is 5.27. The van der Waals surface area contributed by atoms with Gasteiger partial charge in [-0.05, 0) is 29.3 Å². The van der Waals surface area contributed by atoms with Gasteiger partial charge in [0, 0.05) is 25.5 Å². The lowest BCUT2D eigenvalue weighted by atomic mass is 10.2. The second-order valence-electron chi connectivity index (χ2n) is 4.93. The minimum atomic E-state index is -0.0660. The maximum absolute atomic E-state index is 11.8. The van der Waals surface area contributed by atoms with E-state index in [-0.39, 0.29) is 12.5 Å². The second-order valence-corrected chi connectivity index (χ2v) is 4.93. The third-order valence-corrected chi connectivity index (χ3v) is 3.28. The van der Waals surface area contributed by atoms with Crippen LogP contribution in [0.1, 0.15) is 11.1 Å². The minimum absolute atomic E-state index is 0.0660. The van der Waals surface area contributed by atoms with E-state index in [1.165, 1.54) is 0 Å². The molecule has 122 valence electrons. The molecule has 0 radical (unpaired) electrons. The predicted molar refractivity (Wildman–Crippen MR) is 87.3 cm³/mol. The van der Waals surface area contributed by atoms with Gasteiger partial charge >= 0.3 is 0 Å². The largest absolute Gasteiger partial charge is 0.493 e. The van der Waals surface area contributed by atoms with Gasteiger partial charge in [0.15, 0.2) is 11.5 Å². The molecule has 0 fully saturated rings. The van der Waals surface area contributed by atoms with Crippen LogP contribution in [0.25, 0.3) is 0 Å². The molecule has 23 heavy (non-hydrogen) atoms. The van der Waals surface area contributed by atoms with Crippen LogP contribution in [0.4, 0.5) is 0 Å². The van der Waals surface area contributed by atoms with Crippen molar-refractivity contribution >= 4 is 5.91 Å². The van der Waals surface area contributed by atoms with E-state index in [1.807, 2.05) is 30.3 Å². The van der Waals surface area contributed by atoms with E-state index >= 15 is 0 Å². The van der Waals surface area contributed by atoms with Gasteiger partial charge in [0.2, 0.25) is 5.91 Å². The van der Waals surface area contributed by atoms with E-state index in [0.717, 1.165) is 11.1 Å². The molecule has 0 saturated heterocycles. The SMILES string of the molecule is COc1ccc(CNC(=O)CNCc2cccnc2)cc1OC. The summed E-state index contributed by atoms with van der Waals surface area (Å²) >= 11 is 0. The highest BCUT2D eigenvalue weighted by atomic mass is 16.5. The molecule has 1 aromatic heterocycles. The Labute approximate surface area is 135 Å². The first-order chi connectivity index (χ1) is 11.2. The van der Waals surface area contributed by atoms with Gasteiger partial charge in [0.25, 0.3) is 0 Å². The number of nitrogens with zero attached hydrogens (tertiary/aromatic N) is 1. The van der Waals surface area contributed by atoms with Crippen LogP contribution in [0, 0.1) is 0 Å². The molecule has 2 N–H and O–H groups in total. The van der Waals surface area contributed by atoms with Gasteiger partial charge in [-0.2, -0.15) is 0 Å². The van der Waals surface area contributed by atoms with Gasteiger partial charge < -0.3 is 20.1 Å². The molecule has 2 aromatic rings. The average Bonchev–Trinajstić information content (AvgIpc) is 2.60. The van der Waals surface area contributed by atoms with Crippen molar-refractivity contribution in [2.45, 2.75) is 13.1 Å². The Kier molecular flexibility index (Phi) is 6.38. The molecule has 1 aromatic carbocycles. The van der Waals surface area contributed by atoms with Crippen LogP contribution in [0.15, 0.2) is 42.7 Å². The molecule has 0 aliphatic carbocycles. The van der Waals surface area contributed by atoms with Crippen molar-refractivity contribution in [3.8, 4) is 11.5 Å². The monoisotopic (exact) mass is 315 g/mol. The van der Waals surface area contributed by atoms with Crippen LogP contribution in [0.2, 0.25) is 0 Å². The van der Waals surface area contributed by atoms with Crippen molar-refractivity contribution in [1.82, 2.24) is 15.6 Å². The van der Waals surface area contributed by atoms with Crippen LogP contribution in [-0.4, -0.2) is 31.7 Å². The Morgan fingerprint density at radius 1 is 1.09 bits per heavy atom. The highest BCUT2D eigenvalue weighted by molar-refractivity contribution is 5.78. The Hall–Kier alpha value is -2.60. The number of pyridine rings is 1. The fourth-order valence-corrected chi connectivity index (χ4v) is 2.08. The van der Waals surface area contributed by atoms with E-state index < -0.39 is 0 Å². The first kappa shape index (κ1) is 16.8. The molecule has 6 heteroatoms. The molecule has 0 aliphatic heterocycles. The molecular formula is C17H21N3O3. The number of rotatable bonds is 8. The van der Waals surface area contributed by atoms with E-state index in [1.54, 1.807) is 26.6 Å². The van der Waals surface area contributed by atoms with E-state index in [4.69, 9.17) is 9.47 Å². The van der Waals surface area contributed by atoms with Crippen LogP contribution >= 0.6 is 0 Å². The Bertz CT molecular complexity index is 632. The second kappa shape index (κ2) is 8.75. The standard InChI is InChI=1S/C17H21N3O3/c1-22-15-6-5-13(8-16(15)23-2)11-20-17(21)12-19-10-14-4-3-7-18-9-14/h3-9,19H,10-12H2,1-2H3,(H,20,21). The van der Waals surface area contributed by atoms with Crippen molar-refractivity contribution in [3.63, 3.8) is 0 Å². The zero-order chi connectivity index (χ0) is 16.5. The highest BCUT2D eigenvalue weighted by Gasteiger charge is 2.06. The number of ether oxygens (including phenoxy) is 2. The first-order valence-corrected chi connectivity index (χ1v) is 7.30. The van der Waals surface area contributed by atoms with E-state index in [2.05, 4.69) is 15.6 Å². The Balaban J connectivity index is 1.76. The van der Waals surface area contributed by atoms with Gasteiger partial charge in [0.05, 0.1) is 20.8 Å². The van der Waals surface area contributed by atoms with Crippen molar-refractivity contribution < 1.29 is 14.3 Å². The lowest BCUT2D eigenvalue weighted by Crippen LogP contribution is -2.33. The number of nitrogens with one attached hydrogen (secondary N) is 2. The highest BCUT2D eigenvalue weighted by Crippen LogP contribution is 2.27. The van der Waals surface area contributed by atoms with Gasteiger partial charge in [-0.25, -0.2) is 0 Å². The van der Waals surface area contributed by atoms with E-state index in [9.17, 15) is 4.79 Å². The maximum Gasteiger partial charge on any atom is 0.234 e. The molecule has 1 heterocycles. The first-order valence-electron chi connectivity index (χ1n) is 7.30. The summed E-state index contributed by atoms with van der Waals surface area (Å²) in [5.41, 5.74) is 1.99.